The van der Waals surface area contributed by atoms with E-state index < -0.39 is 0 Å². The van der Waals surface area contributed by atoms with E-state index in [9.17, 15) is 9.59 Å². The lowest BCUT2D eigenvalue weighted by atomic mass is 10.0. The summed E-state index contributed by atoms with van der Waals surface area (Å²) in [7, 11) is 0. The number of benzene rings is 2. The summed E-state index contributed by atoms with van der Waals surface area (Å²) in [6.07, 6.45) is 1.87. The van der Waals surface area contributed by atoms with Crippen LogP contribution in [0, 0.1) is 0 Å². The first-order valence-corrected chi connectivity index (χ1v) is 10.7. The van der Waals surface area contributed by atoms with Crippen LogP contribution in [0.15, 0.2) is 63.8 Å². The molecule has 1 atom stereocenters. The highest BCUT2D eigenvalue weighted by Crippen LogP contribution is 2.13. The van der Waals surface area contributed by atoms with Crippen LogP contribution < -0.4 is 11.1 Å². The number of likely N-dealkylation sites (N-methyl/N-ethyl adjacent to an activating group) is 1. The first-order chi connectivity index (χ1) is 14.6. The third-order valence-corrected chi connectivity index (χ3v) is 5.54. The van der Waals surface area contributed by atoms with Crippen molar-refractivity contribution in [1.82, 2.24) is 14.8 Å². The molecule has 1 amide bonds. The summed E-state index contributed by atoms with van der Waals surface area (Å²) in [5.41, 5.74) is 2.62. The number of para-hydroxylation sites is 2. The van der Waals surface area contributed by atoms with Gasteiger partial charge in [-0.3, -0.25) is 14.3 Å². The van der Waals surface area contributed by atoms with Crippen molar-refractivity contribution < 1.29 is 9.21 Å². The Kier molecular flexibility index (Phi) is 7.85. The number of aryl methyl sites for hydroxylation is 1. The zero-order chi connectivity index (χ0) is 21.3. The number of rotatable bonds is 11. The summed E-state index contributed by atoms with van der Waals surface area (Å²) >= 11 is 0. The molecule has 3 rings (SSSR count). The highest BCUT2D eigenvalue weighted by Gasteiger charge is 2.17. The highest BCUT2D eigenvalue weighted by molar-refractivity contribution is 5.76. The molecule has 0 saturated carbocycles. The van der Waals surface area contributed by atoms with Gasteiger partial charge in [0.05, 0.1) is 5.52 Å². The molecule has 160 valence electrons. The Hall–Kier alpha value is -2.86. The molecule has 1 aromatic heterocycles. The minimum atomic E-state index is -0.374. The zero-order valence-electron chi connectivity index (χ0n) is 17.8. The third-order valence-electron chi connectivity index (χ3n) is 5.54. The van der Waals surface area contributed by atoms with Crippen molar-refractivity contribution >= 4 is 17.0 Å². The molecule has 0 aliphatic heterocycles. The average Bonchev–Trinajstić information content (AvgIpc) is 3.08. The van der Waals surface area contributed by atoms with Gasteiger partial charge in [0.1, 0.15) is 0 Å². The van der Waals surface area contributed by atoms with E-state index in [0.717, 1.165) is 25.0 Å². The van der Waals surface area contributed by atoms with Crippen LogP contribution in [0.4, 0.5) is 0 Å². The van der Waals surface area contributed by atoms with E-state index in [1.54, 1.807) is 10.6 Å². The van der Waals surface area contributed by atoms with E-state index in [0.29, 0.717) is 31.5 Å². The van der Waals surface area contributed by atoms with Crippen LogP contribution in [-0.4, -0.2) is 41.1 Å². The molecular formula is C24H31N3O3. The van der Waals surface area contributed by atoms with Gasteiger partial charge in [0.15, 0.2) is 5.58 Å². The third kappa shape index (κ3) is 5.60. The Morgan fingerprint density at radius 1 is 1.07 bits per heavy atom. The van der Waals surface area contributed by atoms with E-state index in [1.807, 2.05) is 24.3 Å². The largest absolute Gasteiger partial charge is 0.419 e. The Bertz CT molecular complexity index is 990. The molecule has 0 spiro atoms. The van der Waals surface area contributed by atoms with Crippen molar-refractivity contribution in [2.24, 2.45) is 0 Å². The molecule has 1 unspecified atom stereocenters. The number of hydrogen-bond acceptors (Lipinski definition) is 4. The van der Waals surface area contributed by atoms with E-state index in [2.05, 4.69) is 48.3 Å². The molecule has 0 fully saturated rings. The maximum absolute atomic E-state index is 12.4. The smallest absolute Gasteiger partial charge is 0.408 e. The van der Waals surface area contributed by atoms with Crippen molar-refractivity contribution in [3.63, 3.8) is 0 Å². The normalized spacial score (nSPS) is 12.4. The van der Waals surface area contributed by atoms with Gasteiger partial charge in [-0.15, -0.1) is 0 Å². The van der Waals surface area contributed by atoms with Gasteiger partial charge < -0.3 is 9.73 Å². The van der Waals surface area contributed by atoms with Crippen LogP contribution in [0.1, 0.15) is 32.3 Å². The molecule has 0 radical (unpaired) electrons. The number of oxazole rings is 1. The van der Waals surface area contributed by atoms with Gasteiger partial charge >= 0.3 is 5.76 Å². The van der Waals surface area contributed by atoms with E-state index in [1.165, 1.54) is 5.56 Å². The van der Waals surface area contributed by atoms with Gasteiger partial charge in [-0.1, -0.05) is 56.3 Å². The summed E-state index contributed by atoms with van der Waals surface area (Å²) in [6, 6.07) is 18.0. The number of amides is 1. The number of fused-ring (bicyclic) bond motifs is 1. The quantitative estimate of drug-likeness (QED) is 0.527. The Morgan fingerprint density at radius 3 is 2.50 bits per heavy atom. The molecule has 0 aliphatic rings. The SMILES string of the molecule is CCN(CC)C(CNC(=O)CCCn1c(=O)oc2ccccc21)Cc1ccccc1. The fourth-order valence-corrected chi connectivity index (χ4v) is 3.90. The predicted octanol–water partition coefficient (Wildman–Crippen LogP) is 3.44. The number of carbonyl (C=O) groups is 1. The maximum atomic E-state index is 12.4. The van der Waals surface area contributed by atoms with Crippen molar-refractivity contribution in [3.05, 3.63) is 70.7 Å². The van der Waals surface area contributed by atoms with Gasteiger partial charge in [-0.2, -0.15) is 0 Å². The Labute approximate surface area is 177 Å². The summed E-state index contributed by atoms with van der Waals surface area (Å²) in [4.78, 5) is 26.8. The summed E-state index contributed by atoms with van der Waals surface area (Å²) < 4.78 is 6.84. The van der Waals surface area contributed by atoms with Crippen molar-refractivity contribution in [2.75, 3.05) is 19.6 Å². The van der Waals surface area contributed by atoms with Crippen LogP contribution in [0.5, 0.6) is 0 Å². The minimum absolute atomic E-state index is 0.0149. The molecule has 0 aliphatic carbocycles. The summed E-state index contributed by atoms with van der Waals surface area (Å²) in [5.74, 6) is -0.359. The van der Waals surface area contributed by atoms with Gasteiger partial charge in [0.2, 0.25) is 5.91 Å². The van der Waals surface area contributed by atoms with Crippen molar-refractivity contribution in [1.29, 1.82) is 0 Å². The summed E-state index contributed by atoms with van der Waals surface area (Å²) in [6.45, 7) is 7.27. The fraction of sp³-hybridized carbons (Fsp3) is 0.417. The predicted molar refractivity (Wildman–Crippen MR) is 120 cm³/mol. The van der Waals surface area contributed by atoms with Gasteiger partial charge in [-0.05, 0) is 43.6 Å². The second-order valence-electron chi connectivity index (χ2n) is 7.46. The number of carbonyl (C=O) groups excluding carboxylic acids is 1. The first kappa shape index (κ1) is 21.8. The van der Waals surface area contributed by atoms with Crippen molar-refractivity contribution in [2.45, 2.75) is 45.7 Å². The molecule has 6 heteroatoms. The molecule has 3 aromatic rings. The standard InChI is InChI=1S/C24H31N3O3/c1-3-26(4-2)20(17-19-11-6-5-7-12-19)18-25-23(28)15-10-16-27-21-13-8-9-14-22(21)30-24(27)29/h5-9,11-14,20H,3-4,10,15-18H2,1-2H3,(H,25,28). The second-order valence-corrected chi connectivity index (χ2v) is 7.46. The van der Waals surface area contributed by atoms with E-state index >= 15 is 0 Å². The lowest BCUT2D eigenvalue weighted by Gasteiger charge is -2.30. The molecule has 0 saturated heterocycles. The minimum Gasteiger partial charge on any atom is -0.408 e. The fourth-order valence-electron chi connectivity index (χ4n) is 3.90. The Morgan fingerprint density at radius 2 is 1.77 bits per heavy atom. The van der Waals surface area contributed by atoms with Gasteiger partial charge in [-0.25, -0.2) is 4.79 Å². The number of aromatic nitrogens is 1. The first-order valence-electron chi connectivity index (χ1n) is 10.7. The molecule has 1 heterocycles. The van der Waals surface area contributed by atoms with Crippen molar-refractivity contribution in [3.8, 4) is 0 Å². The maximum Gasteiger partial charge on any atom is 0.419 e. The van der Waals surface area contributed by atoms with Gasteiger partial charge in [0.25, 0.3) is 0 Å². The number of hydrogen-bond donors (Lipinski definition) is 1. The number of nitrogens with one attached hydrogen (secondary N) is 1. The van der Waals surface area contributed by atoms with E-state index in [4.69, 9.17) is 4.42 Å². The van der Waals surface area contributed by atoms with Crippen LogP contribution >= 0.6 is 0 Å². The number of nitrogens with zero attached hydrogens (tertiary/aromatic N) is 2. The van der Waals surface area contributed by atoms with Crippen LogP contribution in [0.2, 0.25) is 0 Å². The van der Waals surface area contributed by atoms with Crippen LogP contribution in [0.3, 0.4) is 0 Å². The van der Waals surface area contributed by atoms with Gasteiger partial charge in [0, 0.05) is 25.6 Å². The molecule has 1 N–H and O–H groups in total. The van der Waals surface area contributed by atoms with E-state index in [-0.39, 0.29) is 17.7 Å². The zero-order valence-corrected chi connectivity index (χ0v) is 17.8. The van der Waals surface area contributed by atoms with Crippen LogP contribution in [-0.2, 0) is 17.8 Å². The molecule has 0 bridgehead atoms. The molecular weight excluding hydrogens is 378 g/mol. The monoisotopic (exact) mass is 409 g/mol. The topological polar surface area (TPSA) is 67.5 Å². The lowest BCUT2D eigenvalue weighted by molar-refractivity contribution is -0.121. The average molecular weight is 410 g/mol. The molecule has 30 heavy (non-hydrogen) atoms. The molecule has 2 aromatic carbocycles. The lowest BCUT2D eigenvalue weighted by Crippen LogP contribution is -2.45. The Balaban J connectivity index is 1.52. The highest BCUT2D eigenvalue weighted by atomic mass is 16.4. The second kappa shape index (κ2) is 10.8. The van der Waals surface area contributed by atoms with Crippen LogP contribution in [0.25, 0.3) is 11.1 Å². The summed E-state index contributed by atoms with van der Waals surface area (Å²) in [5, 5.41) is 3.09. The molecule has 6 nitrogen and oxygen atoms in total.